The highest BCUT2D eigenvalue weighted by atomic mass is 19.1. The van der Waals surface area contributed by atoms with Gasteiger partial charge >= 0.3 is 0 Å². The Hall–Kier alpha value is -2.72. The van der Waals surface area contributed by atoms with Gasteiger partial charge in [-0.1, -0.05) is 54.6 Å². The minimum Gasteiger partial charge on any atom is -0.324 e. The molecule has 2 atom stereocenters. The van der Waals surface area contributed by atoms with Crippen LogP contribution in [0.4, 0.5) is 10.1 Å². The van der Waals surface area contributed by atoms with Gasteiger partial charge in [0.05, 0.1) is 7.05 Å². The average molecular weight is 337 g/mol. The Bertz CT molecular complexity index is 888. The second kappa shape index (κ2) is 7.45. The van der Waals surface area contributed by atoms with Crippen molar-refractivity contribution in [1.82, 2.24) is 0 Å². The molecule has 0 heterocycles. The molecule has 0 spiro atoms. The Labute approximate surface area is 147 Å². The number of carbonyl (C=O) groups is 1. The number of hydrogen-bond acceptors (Lipinski definition) is 1. The van der Waals surface area contributed by atoms with Crippen LogP contribution >= 0.6 is 0 Å². The highest BCUT2D eigenvalue weighted by Gasteiger charge is 2.23. The van der Waals surface area contributed by atoms with Crippen molar-refractivity contribution in [2.45, 2.75) is 19.5 Å². The van der Waals surface area contributed by atoms with Crippen molar-refractivity contribution in [2.75, 3.05) is 12.4 Å². The Balaban J connectivity index is 1.73. The molecular weight excluding hydrogens is 315 g/mol. The predicted molar refractivity (Wildman–Crippen MR) is 99.0 cm³/mol. The van der Waals surface area contributed by atoms with Gasteiger partial charge in [0.2, 0.25) is 0 Å². The van der Waals surface area contributed by atoms with Gasteiger partial charge in [0, 0.05) is 16.6 Å². The molecule has 0 radical (unpaired) electrons. The third kappa shape index (κ3) is 3.86. The van der Waals surface area contributed by atoms with E-state index in [2.05, 4.69) is 5.32 Å². The normalized spacial score (nSPS) is 13.4. The average Bonchev–Trinajstić information content (AvgIpc) is 2.63. The molecule has 25 heavy (non-hydrogen) atoms. The van der Waals surface area contributed by atoms with Gasteiger partial charge in [0.1, 0.15) is 12.4 Å². The monoisotopic (exact) mass is 337 g/mol. The lowest BCUT2D eigenvalue weighted by molar-refractivity contribution is -0.908. The fraction of sp³-hybridized carbons (Fsp3) is 0.190. The van der Waals surface area contributed by atoms with Crippen LogP contribution in [0.5, 0.6) is 0 Å². The van der Waals surface area contributed by atoms with Gasteiger partial charge in [-0.25, -0.2) is 4.39 Å². The van der Waals surface area contributed by atoms with Gasteiger partial charge in [-0.15, -0.1) is 0 Å². The van der Waals surface area contributed by atoms with E-state index in [1.54, 1.807) is 12.1 Å². The quantitative estimate of drug-likeness (QED) is 0.737. The van der Waals surface area contributed by atoms with Crippen LogP contribution in [0.3, 0.4) is 0 Å². The molecule has 0 aliphatic heterocycles. The Morgan fingerprint density at radius 2 is 1.72 bits per heavy atom. The zero-order valence-corrected chi connectivity index (χ0v) is 14.4. The van der Waals surface area contributed by atoms with Crippen molar-refractivity contribution in [3.05, 3.63) is 78.1 Å². The fourth-order valence-electron chi connectivity index (χ4n) is 2.89. The van der Waals surface area contributed by atoms with Gasteiger partial charge < -0.3 is 10.2 Å². The molecule has 0 bridgehead atoms. The summed E-state index contributed by atoms with van der Waals surface area (Å²) < 4.78 is 13.8. The summed E-state index contributed by atoms with van der Waals surface area (Å²) in [7, 11) is 1.90. The van der Waals surface area contributed by atoms with Gasteiger partial charge in [0.15, 0.2) is 6.04 Å². The highest BCUT2D eigenvalue weighted by molar-refractivity contribution is 6.03. The number of amides is 1. The first-order chi connectivity index (χ1) is 12.1. The molecule has 3 aromatic rings. The predicted octanol–water partition coefficient (Wildman–Crippen LogP) is 3.02. The SMILES string of the molecule is C[C@@H](C(=O)Nc1cccc2ccccc12)[NH+](C)Cc1ccccc1F. The fourth-order valence-corrected chi connectivity index (χ4v) is 2.89. The van der Waals surface area contributed by atoms with E-state index in [0.717, 1.165) is 21.4 Å². The van der Waals surface area contributed by atoms with E-state index in [9.17, 15) is 9.18 Å². The summed E-state index contributed by atoms with van der Waals surface area (Å²) in [4.78, 5) is 13.6. The van der Waals surface area contributed by atoms with Crippen molar-refractivity contribution >= 4 is 22.4 Å². The molecule has 3 rings (SSSR count). The number of quaternary nitrogens is 1. The Morgan fingerprint density at radius 1 is 1.04 bits per heavy atom. The lowest BCUT2D eigenvalue weighted by atomic mass is 10.1. The number of fused-ring (bicyclic) bond motifs is 1. The van der Waals surface area contributed by atoms with Crippen molar-refractivity contribution in [2.24, 2.45) is 0 Å². The molecule has 3 aromatic carbocycles. The number of rotatable bonds is 5. The van der Waals surface area contributed by atoms with Crippen LogP contribution in [0, 0.1) is 5.82 Å². The summed E-state index contributed by atoms with van der Waals surface area (Å²) in [6.07, 6.45) is 0. The van der Waals surface area contributed by atoms with E-state index in [0.29, 0.717) is 12.1 Å². The highest BCUT2D eigenvalue weighted by Crippen LogP contribution is 2.22. The number of halogens is 1. The lowest BCUT2D eigenvalue weighted by Gasteiger charge is -2.21. The summed E-state index contributed by atoms with van der Waals surface area (Å²) in [6.45, 7) is 2.31. The third-order valence-electron chi connectivity index (χ3n) is 4.61. The second-order valence-corrected chi connectivity index (χ2v) is 6.35. The van der Waals surface area contributed by atoms with E-state index in [1.165, 1.54) is 6.07 Å². The molecule has 0 fully saturated rings. The van der Waals surface area contributed by atoms with Gasteiger partial charge in [-0.05, 0) is 24.4 Å². The molecule has 2 N–H and O–H groups in total. The minimum atomic E-state index is -0.307. The smallest absolute Gasteiger partial charge is 0.282 e. The van der Waals surface area contributed by atoms with Crippen LogP contribution in [-0.2, 0) is 11.3 Å². The topological polar surface area (TPSA) is 33.5 Å². The number of hydrogen-bond donors (Lipinski definition) is 2. The first-order valence-corrected chi connectivity index (χ1v) is 8.40. The minimum absolute atomic E-state index is 0.0785. The molecule has 4 heteroatoms. The van der Waals surface area contributed by atoms with Crippen LogP contribution in [0.1, 0.15) is 12.5 Å². The summed E-state index contributed by atoms with van der Waals surface area (Å²) in [5, 5.41) is 5.11. The summed E-state index contributed by atoms with van der Waals surface area (Å²) in [5.41, 5.74) is 1.42. The van der Waals surface area contributed by atoms with Gasteiger partial charge in [0.25, 0.3) is 5.91 Å². The molecule has 0 saturated heterocycles. The molecule has 0 aliphatic carbocycles. The van der Waals surface area contributed by atoms with Crippen LogP contribution in [-0.4, -0.2) is 19.0 Å². The molecule has 0 saturated carbocycles. The summed E-state index contributed by atoms with van der Waals surface area (Å²) >= 11 is 0. The van der Waals surface area contributed by atoms with Gasteiger partial charge in [-0.3, -0.25) is 4.79 Å². The number of nitrogens with one attached hydrogen (secondary N) is 2. The summed E-state index contributed by atoms with van der Waals surface area (Å²) in [6, 6.07) is 20.2. The number of anilines is 1. The third-order valence-corrected chi connectivity index (χ3v) is 4.61. The van der Waals surface area contributed by atoms with Crippen LogP contribution in [0.2, 0.25) is 0 Å². The van der Waals surface area contributed by atoms with E-state index in [1.807, 2.05) is 62.5 Å². The Kier molecular flexibility index (Phi) is 5.10. The maximum Gasteiger partial charge on any atom is 0.282 e. The van der Waals surface area contributed by atoms with Crippen molar-refractivity contribution < 1.29 is 14.1 Å². The zero-order chi connectivity index (χ0) is 17.8. The Morgan fingerprint density at radius 3 is 2.52 bits per heavy atom. The number of likely N-dealkylation sites (N-methyl/N-ethyl adjacent to an activating group) is 1. The zero-order valence-electron chi connectivity index (χ0n) is 14.4. The van der Waals surface area contributed by atoms with E-state index in [4.69, 9.17) is 0 Å². The molecule has 1 amide bonds. The van der Waals surface area contributed by atoms with Crippen molar-refractivity contribution in [3.63, 3.8) is 0 Å². The molecule has 1 unspecified atom stereocenters. The van der Waals surface area contributed by atoms with Crippen molar-refractivity contribution in [1.29, 1.82) is 0 Å². The summed E-state index contributed by atoms with van der Waals surface area (Å²) in [5.74, 6) is -0.311. The molecule has 3 nitrogen and oxygen atoms in total. The lowest BCUT2D eigenvalue weighted by Crippen LogP contribution is -3.12. The van der Waals surface area contributed by atoms with E-state index < -0.39 is 0 Å². The maximum atomic E-state index is 13.8. The maximum absolute atomic E-state index is 13.8. The second-order valence-electron chi connectivity index (χ2n) is 6.35. The molecule has 0 aliphatic rings. The molecule has 128 valence electrons. The van der Waals surface area contributed by atoms with Crippen LogP contribution in [0.15, 0.2) is 66.7 Å². The standard InChI is InChI=1S/C21H21FN2O/c1-15(24(2)14-17-9-4-6-12-19(17)22)21(25)23-20-13-7-10-16-8-3-5-11-18(16)20/h3-13,15H,14H2,1-2H3,(H,23,25)/p+1/t15-/m0/s1. The largest absolute Gasteiger partial charge is 0.324 e. The van der Waals surface area contributed by atoms with Crippen molar-refractivity contribution in [3.8, 4) is 0 Å². The van der Waals surface area contributed by atoms with Gasteiger partial charge in [-0.2, -0.15) is 0 Å². The van der Waals surface area contributed by atoms with Crippen LogP contribution in [0.25, 0.3) is 10.8 Å². The number of benzene rings is 3. The first kappa shape index (κ1) is 17.1. The van der Waals surface area contributed by atoms with E-state index >= 15 is 0 Å². The number of carbonyl (C=O) groups excluding carboxylic acids is 1. The van der Waals surface area contributed by atoms with E-state index in [-0.39, 0.29) is 17.8 Å². The van der Waals surface area contributed by atoms with Crippen LogP contribution < -0.4 is 10.2 Å². The molecular formula is C21H22FN2O+. The molecule has 0 aromatic heterocycles. The first-order valence-electron chi connectivity index (χ1n) is 8.40.